The zero-order valence-electron chi connectivity index (χ0n) is 50.2. The van der Waals surface area contributed by atoms with Crippen LogP contribution in [-0.4, -0.2) is 177 Å². The van der Waals surface area contributed by atoms with E-state index in [0.717, 1.165) is 62.4 Å². The summed E-state index contributed by atoms with van der Waals surface area (Å²) in [6.45, 7) is 4.31. The molecule has 8 rings (SSSR count). The first-order valence-electron chi connectivity index (χ1n) is 26.7. The standard InChI is InChI=1S/C50H44Cl2N18O24S6/c1-5-69-41(73)35(39(53)71)19(3)37(43(69)75)67-65-27-15-25(31(97(83,84)85)17-33(27)99(89,90)91)57-49-61-45(51)59-47(63-49)55-23-11-9-21(29(13-23)95(77,78)79)7-8-22-10-12-24(14-30(22)96(80,81)82)56-48-60-46(52)62-50(64-48)58-26-16-28(34(100(92,93)94)18-32(26)98(86,87)88)66-68-38-20(4)36(40(54)72)42(74)70(6-2)44(38)76/h7-18,65-66H,5-6H2,1-4H3,(H2,53,71)(H2,54,72)(H,77,78,79)(H,80,81,82)(H,83,84,85)(H,86,87,88)(H,89,90,91)(H,92,93,94)(H2,55,57,59,61,63)(H2,56,58,60,62,64)/b8-7+,67-37+,68-38+. The quantitative estimate of drug-likeness (QED) is 0.0135. The summed E-state index contributed by atoms with van der Waals surface area (Å²) in [5.41, 5.74) is 6.93. The van der Waals surface area contributed by atoms with E-state index in [1.807, 2.05) is 0 Å². The van der Waals surface area contributed by atoms with Gasteiger partial charge >= 0.3 is 0 Å². The van der Waals surface area contributed by atoms with Gasteiger partial charge in [0.1, 0.15) is 40.5 Å². The highest BCUT2D eigenvalue weighted by Crippen LogP contribution is 2.37. The molecular formula is C50H44Cl2N18O24S6. The Morgan fingerprint density at radius 1 is 0.440 bits per heavy atom. The number of halogens is 2. The van der Waals surface area contributed by atoms with E-state index in [1.54, 1.807) is 0 Å². The lowest BCUT2D eigenvalue weighted by Gasteiger charge is -2.26. The molecule has 0 atom stereocenters. The summed E-state index contributed by atoms with van der Waals surface area (Å²) in [5, 5.41) is 16.0. The van der Waals surface area contributed by atoms with Crippen LogP contribution in [0.5, 0.6) is 0 Å². The Balaban J connectivity index is 1.08. The number of nitrogens with two attached hydrogens (primary N) is 2. The molecule has 2 aliphatic rings. The summed E-state index contributed by atoms with van der Waals surface area (Å²) in [4.78, 5) is 94.0. The molecule has 0 saturated carbocycles. The fourth-order valence-corrected chi connectivity index (χ4v) is 13.6. The number of hydrogen-bond acceptors (Lipinski definition) is 32. The lowest BCUT2D eigenvalue weighted by Crippen LogP contribution is -2.49. The van der Waals surface area contributed by atoms with Crippen molar-refractivity contribution < 1.29 is 107 Å². The van der Waals surface area contributed by atoms with Gasteiger partial charge in [-0.1, -0.05) is 24.3 Å². The summed E-state index contributed by atoms with van der Waals surface area (Å²) in [7, 11) is -32.4. The number of nitrogens with zero attached hydrogens (tertiary/aromatic N) is 10. The van der Waals surface area contributed by atoms with Gasteiger partial charge in [-0.25, -0.2) is 0 Å². The van der Waals surface area contributed by atoms with Crippen molar-refractivity contribution in [3.05, 3.63) is 105 Å². The Bertz CT molecular complexity index is 5190. The number of imide groups is 2. The maximum absolute atomic E-state index is 13.2. The SMILES string of the molecule is CCN1C(=O)C(C(N)=O)=C(C)/C(=N\Nc2cc(Nc3nc(Cl)nc(Nc4ccc(/C=C/c5ccc(Nc6nc(Cl)nc(Nc7cc(N/N=C8/C(=O)N(CC)C(=O)C(C(N)=O)=C8C)c(S(=O)(=O)O)cc7S(=O)(=O)O)n6)cc5S(=O)(=O)O)c(S(=O)(=O)O)c4)n3)c(S(=O)(=O)O)cc2S(=O)(=O)O)C1=O. The minimum Gasteiger partial charge on any atom is -0.365 e. The van der Waals surface area contributed by atoms with Gasteiger partial charge in [0.15, 0.2) is 11.4 Å². The molecule has 16 N–H and O–H groups in total. The fourth-order valence-electron chi connectivity index (χ4n) is 9.13. The van der Waals surface area contributed by atoms with Crippen LogP contribution in [0, 0.1) is 0 Å². The van der Waals surface area contributed by atoms with Crippen molar-refractivity contribution in [1.29, 1.82) is 0 Å². The average molecular weight is 1540 g/mol. The highest BCUT2D eigenvalue weighted by molar-refractivity contribution is 7.87. The van der Waals surface area contributed by atoms with E-state index < -0.39 is 205 Å². The van der Waals surface area contributed by atoms with Crippen LogP contribution in [0.4, 0.5) is 57.9 Å². The Kier molecular flexibility index (Phi) is 21.1. The van der Waals surface area contributed by atoms with Gasteiger partial charge in [-0.05, 0) is 111 Å². The van der Waals surface area contributed by atoms with E-state index in [4.69, 9.17) is 34.7 Å². The summed E-state index contributed by atoms with van der Waals surface area (Å²) in [5.74, 6) is -9.58. The number of benzene rings is 4. The largest absolute Gasteiger partial charge is 0.365 e. The van der Waals surface area contributed by atoms with E-state index in [9.17, 15) is 107 Å². The van der Waals surface area contributed by atoms with Crippen LogP contribution in [0.1, 0.15) is 38.8 Å². The molecule has 528 valence electrons. The number of anilines is 10. The van der Waals surface area contributed by atoms with Crippen molar-refractivity contribution in [2.24, 2.45) is 21.7 Å². The van der Waals surface area contributed by atoms with Gasteiger partial charge in [-0.2, -0.15) is 90.6 Å². The number of carbonyl (C=O) groups is 6. The molecule has 0 spiro atoms. The van der Waals surface area contributed by atoms with Crippen molar-refractivity contribution in [2.75, 3.05) is 45.2 Å². The van der Waals surface area contributed by atoms with Crippen molar-refractivity contribution in [3.63, 3.8) is 0 Å². The van der Waals surface area contributed by atoms with Crippen molar-refractivity contribution in [1.82, 2.24) is 39.7 Å². The monoisotopic (exact) mass is 1540 g/mol. The smallest absolute Gasteiger partial charge is 0.296 e. The first kappa shape index (κ1) is 75.3. The average Bonchev–Trinajstić information content (AvgIpc) is 0.777. The van der Waals surface area contributed by atoms with E-state index in [-0.39, 0.29) is 58.9 Å². The Hall–Kier alpha value is -10.5. The van der Waals surface area contributed by atoms with Crippen LogP contribution >= 0.6 is 23.2 Å². The zero-order valence-corrected chi connectivity index (χ0v) is 56.6. The Morgan fingerprint density at radius 3 is 1.01 bits per heavy atom. The maximum atomic E-state index is 13.2. The molecule has 6 aromatic rings. The molecule has 0 unspecified atom stereocenters. The molecule has 4 aromatic carbocycles. The number of primary amides is 2. The molecule has 4 heterocycles. The second-order valence-corrected chi connectivity index (χ2v) is 29.0. The molecule has 0 aliphatic carbocycles. The lowest BCUT2D eigenvalue weighted by atomic mass is 9.97. The van der Waals surface area contributed by atoms with Gasteiger partial charge in [-0.15, -0.1) is 0 Å². The van der Waals surface area contributed by atoms with Crippen LogP contribution in [0.15, 0.2) is 123 Å². The molecule has 100 heavy (non-hydrogen) atoms. The zero-order chi connectivity index (χ0) is 74.4. The second kappa shape index (κ2) is 28.0. The predicted octanol–water partition coefficient (Wildman–Crippen LogP) is 1.91. The molecule has 6 amide bonds. The van der Waals surface area contributed by atoms with Gasteiger partial charge < -0.3 is 32.7 Å². The van der Waals surface area contributed by atoms with Gasteiger partial charge in [0.2, 0.25) is 34.4 Å². The number of hydrazone groups is 2. The van der Waals surface area contributed by atoms with Crippen LogP contribution < -0.4 is 43.6 Å². The normalized spacial score (nSPS) is 15.3. The first-order chi connectivity index (χ1) is 46.2. The number of rotatable bonds is 24. The summed E-state index contributed by atoms with van der Waals surface area (Å²) >= 11 is 12.3. The van der Waals surface area contributed by atoms with E-state index in [2.05, 4.69) is 72.2 Å². The number of nitrogens with one attached hydrogen (secondary N) is 6. The summed E-state index contributed by atoms with van der Waals surface area (Å²) in [6.07, 6.45) is 1.92. The van der Waals surface area contributed by atoms with Crippen LogP contribution in [-0.2, 0) is 89.5 Å². The third-order valence-electron chi connectivity index (χ3n) is 13.5. The summed E-state index contributed by atoms with van der Waals surface area (Å²) in [6, 6.07) is 7.58. The lowest BCUT2D eigenvalue weighted by molar-refractivity contribution is -0.141. The second-order valence-electron chi connectivity index (χ2n) is 20.0. The molecule has 0 bridgehead atoms. The number of carbonyl (C=O) groups excluding carboxylic acids is 6. The highest BCUT2D eigenvalue weighted by Gasteiger charge is 2.40. The third-order valence-corrected chi connectivity index (χ3v) is 19.2. The van der Waals surface area contributed by atoms with Crippen molar-refractivity contribution >= 4 is 201 Å². The maximum Gasteiger partial charge on any atom is 0.296 e. The first-order valence-corrected chi connectivity index (χ1v) is 36.1. The number of amides is 6. The highest BCUT2D eigenvalue weighted by atomic mass is 35.5. The van der Waals surface area contributed by atoms with Gasteiger partial charge in [0.25, 0.3) is 96.2 Å². The molecule has 0 radical (unpaired) electrons. The van der Waals surface area contributed by atoms with Crippen molar-refractivity contribution in [2.45, 2.75) is 57.1 Å². The van der Waals surface area contributed by atoms with E-state index in [0.29, 0.717) is 21.9 Å². The van der Waals surface area contributed by atoms with E-state index in [1.165, 1.54) is 13.8 Å². The molecule has 42 nitrogen and oxygen atoms in total. The van der Waals surface area contributed by atoms with E-state index >= 15 is 0 Å². The van der Waals surface area contributed by atoms with Gasteiger partial charge in [0, 0.05) is 35.6 Å². The molecule has 2 aromatic heterocycles. The summed E-state index contributed by atoms with van der Waals surface area (Å²) < 4.78 is 214. The molecule has 2 aliphatic heterocycles. The topological polar surface area (TPSA) is 661 Å². The van der Waals surface area contributed by atoms with Crippen LogP contribution in [0.25, 0.3) is 12.2 Å². The van der Waals surface area contributed by atoms with Gasteiger partial charge in [0.05, 0.1) is 22.7 Å². The number of hydrogen-bond donors (Lipinski definition) is 14. The minimum absolute atomic E-state index is 0.230. The molecular weight excluding hydrogens is 1500 g/mol. The minimum atomic E-state index is -5.49. The van der Waals surface area contributed by atoms with Crippen LogP contribution in [0.2, 0.25) is 10.6 Å². The van der Waals surface area contributed by atoms with Gasteiger partial charge in [-0.3, -0.25) is 76.7 Å². The van der Waals surface area contributed by atoms with Crippen molar-refractivity contribution in [3.8, 4) is 0 Å². The number of aromatic nitrogens is 6. The number of likely N-dealkylation sites (N-methyl/N-ethyl adjacent to an activating group) is 2. The molecule has 50 heteroatoms. The Morgan fingerprint density at radius 2 is 0.730 bits per heavy atom. The third kappa shape index (κ3) is 16.6. The molecule has 0 fully saturated rings. The molecule has 0 saturated heterocycles. The Labute approximate surface area is 572 Å². The van der Waals surface area contributed by atoms with Crippen LogP contribution in [0.3, 0.4) is 0 Å². The fraction of sp³-hybridized carbons (Fsp3) is 0.120. The predicted molar refractivity (Wildman–Crippen MR) is 347 cm³/mol.